The Bertz CT molecular complexity index is 425. The number of benzene rings is 1. The maximum absolute atomic E-state index is 11.1. The summed E-state index contributed by atoms with van der Waals surface area (Å²) in [5.74, 6) is -0.431. The van der Waals surface area contributed by atoms with E-state index in [1.54, 1.807) is 12.1 Å². The van der Waals surface area contributed by atoms with E-state index in [1.165, 1.54) is 12.8 Å². The van der Waals surface area contributed by atoms with Crippen LogP contribution in [0.1, 0.15) is 28.8 Å². The zero-order chi connectivity index (χ0) is 13.0. The van der Waals surface area contributed by atoms with Gasteiger partial charge < -0.3 is 9.84 Å². The molecule has 1 N–H and O–H groups in total. The molecule has 1 saturated heterocycles. The molecule has 1 aromatic carbocycles. The van der Waals surface area contributed by atoms with E-state index >= 15 is 0 Å². The fourth-order valence-electron chi connectivity index (χ4n) is 2.30. The molecule has 1 aromatic rings. The predicted octanol–water partition coefficient (Wildman–Crippen LogP) is 2.17. The van der Waals surface area contributed by atoms with Crippen molar-refractivity contribution >= 4 is 5.97 Å². The molecule has 1 aliphatic rings. The summed E-state index contributed by atoms with van der Waals surface area (Å²) < 4.78 is 5.67. The molecule has 1 fully saturated rings. The third-order valence-corrected chi connectivity index (χ3v) is 3.29. The van der Waals surface area contributed by atoms with Crippen molar-refractivity contribution in [2.45, 2.75) is 19.8 Å². The maximum Gasteiger partial charge on any atom is 0.339 e. The second-order valence-electron chi connectivity index (χ2n) is 4.65. The normalized spacial score (nSPS) is 15.8. The van der Waals surface area contributed by atoms with E-state index in [4.69, 9.17) is 9.84 Å². The van der Waals surface area contributed by atoms with Crippen LogP contribution in [0, 0.1) is 6.92 Å². The van der Waals surface area contributed by atoms with Crippen LogP contribution in [0.3, 0.4) is 0 Å². The van der Waals surface area contributed by atoms with Gasteiger partial charge in [0.2, 0.25) is 0 Å². The molecule has 18 heavy (non-hydrogen) atoms. The highest BCUT2D eigenvalue weighted by molar-refractivity contribution is 5.91. The molecular weight excluding hydrogens is 230 g/mol. The zero-order valence-electron chi connectivity index (χ0n) is 10.7. The zero-order valence-corrected chi connectivity index (χ0v) is 10.7. The molecular formula is C14H19NO3. The fourth-order valence-corrected chi connectivity index (χ4v) is 2.30. The average Bonchev–Trinajstić information content (AvgIpc) is 2.84. The monoisotopic (exact) mass is 249 g/mol. The lowest BCUT2D eigenvalue weighted by Crippen LogP contribution is -2.25. The highest BCUT2D eigenvalue weighted by atomic mass is 16.5. The number of carbonyl (C=O) groups is 1. The van der Waals surface area contributed by atoms with E-state index < -0.39 is 5.97 Å². The minimum atomic E-state index is -0.935. The van der Waals surface area contributed by atoms with Crippen LogP contribution in [-0.4, -0.2) is 42.2 Å². The van der Waals surface area contributed by atoms with Gasteiger partial charge in [0.25, 0.3) is 0 Å². The number of nitrogens with zero attached hydrogens (tertiary/aromatic N) is 1. The molecule has 0 spiro atoms. The molecule has 0 amide bonds. The average molecular weight is 249 g/mol. The molecule has 0 atom stereocenters. The summed E-state index contributed by atoms with van der Waals surface area (Å²) in [4.78, 5) is 13.4. The van der Waals surface area contributed by atoms with E-state index in [0.717, 1.165) is 25.2 Å². The SMILES string of the molecule is Cc1cccc(C(=O)O)c1OCCN1CCCC1. The minimum Gasteiger partial charge on any atom is -0.491 e. The Labute approximate surface area is 107 Å². The van der Waals surface area contributed by atoms with Crippen LogP contribution in [-0.2, 0) is 0 Å². The number of carboxylic acids is 1. The Morgan fingerprint density at radius 1 is 1.39 bits per heavy atom. The van der Waals surface area contributed by atoms with Gasteiger partial charge in [-0.25, -0.2) is 4.79 Å². The largest absolute Gasteiger partial charge is 0.491 e. The molecule has 0 bridgehead atoms. The van der Waals surface area contributed by atoms with E-state index in [1.807, 2.05) is 13.0 Å². The van der Waals surface area contributed by atoms with Gasteiger partial charge in [-0.15, -0.1) is 0 Å². The van der Waals surface area contributed by atoms with Crippen molar-refractivity contribution in [1.29, 1.82) is 0 Å². The van der Waals surface area contributed by atoms with Crippen molar-refractivity contribution in [3.63, 3.8) is 0 Å². The molecule has 98 valence electrons. The van der Waals surface area contributed by atoms with Crippen molar-refractivity contribution in [3.8, 4) is 5.75 Å². The van der Waals surface area contributed by atoms with Gasteiger partial charge in [0.05, 0.1) is 0 Å². The molecule has 2 rings (SSSR count). The summed E-state index contributed by atoms with van der Waals surface area (Å²) in [6.45, 7) is 5.54. The van der Waals surface area contributed by atoms with E-state index in [9.17, 15) is 4.79 Å². The molecule has 0 unspecified atom stereocenters. The van der Waals surface area contributed by atoms with Gasteiger partial charge in [-0.1, -0.05) is 12.1 Å². The summed E-state index contributed by atoms with van der Waals surface area (Å²) in [5, 5.41) is 9.11. The first kappa shape index (κ1) is 12.9. The molecule has 0 saturated carbocycles. The number of para-hydroxylation sites is 1. The summed E-state index contributed by atoms with van der Waals surface area (Å²) in [6, 6.07) is 5.20. The Kier molecular flexibility index (Phi) is 4.20. The lowest BCUT2D eigenvalue weighted by Gasteiger charge is -2.16. The van der Waals surface area contributed by atoms with Crippen molar-refractivity contribution in [1.82, 2.24) is 4.90 Å². The van der Waals surface area contributed by atoms with Crippen LogP contribution in [0.4, 0.5) is 0 Å². The number of hydrogen-bond donors (Lipinski definition) is 1. The van der Waals surface area contributed by atoms with Crippen LogP contribution in [0.2, 0.25) is 0 Å². The molecule has 4 nitrogen and oxygen atoms in total. The first-order valence-electron chi connectivity index (χ1n) is 6.36. The van der Waals surface area contributed by atoms with Gasteiger partial charge >= 0.3 is 5.97 Å². The first-order valence-corrected chi connectivity index (χ1v) is 6.36. The second kappa shape index (κ2) is 5.87. The van der Waals surface area contributed by atoms with Crippen molar-refractivity contribution in [3.05, 3.63) is 29.3 Å². The highest BCUT2D eigenvalue weighted by Crippen LogP contribution is 2.23. The van der Waals surface area contributed by atoms with Crippen molar-refractivity contribution in [2.24, 2.45) is 0 Å². The highest BCUT2D eigenvalue weighted by Gasteiger charge is 2.15. The third-order valence-electron chi connectivity index (χ3n) is 3.29. The number of ether oxygens (including phenoxy) is 1. The first-order chi connectivity index (χ1) is 8.68. The molecule has 1 aliphatic heterocycles. The third kappa shape index (κ3) is 3.01. The quantitative estimate of drug-likeness (QED) is 0.869. The second-order valence-corrected chi connectivity index (χ2v) is 4.65. The smallest absolute Gasteiger partial charge is 0.339 e. The molecule has 0 radical (unpaired) electrons. The van der Waals surface area contributed by atoms with Crippen molar-refractivity contribution in [2.75, 3.05) is 26.2 Å². The number of likely N-dealkylation sites (tertiary alicyclic amines) is 1. The lowest BCUT2D eigenvalue weighted by atomic mass is 10.1. The van der Waals surface area contributed by atoms with Gasteiger partial charge in [0, 0.05) is 6.54 Å². The molecule has 0 aromatic heterocycles. The molecule has 0 aliphatic carbocycles. The van der Waals surface area contributed by atoms with Crippen LogP contribution in [0.5, 0.6) is 5.75 Å². The Morgan fingerprint density at radius 3 is 2.78 bits per heavy atom. The molecule has 1 heterocycles. The van der Waals surface area contributed by atoms with Gasteiger partial charge in [0.1, 0.15) is 17.9 Å². The van der Waals surface area contributed by atoms with Crippen LogP contribution >= 0.6 is 0 Å². The number of carboxylic acid groups (broad SMARTS) is 1. The van der Waals surface area contributed by atoms with E-state index in [-0.39, 0.29) is 5.56 Å². The lowest BCUT2D eigenvalue weighted by molar-refractivity contribution is 0.0691. The number of rotatable bonds is 5. The number of aryl methyl sites for hydroxylation is 1. The summed E-state index contributed by atoms with van der Waals surface area (Å²) >= 11 is 0. The molecule has 4 heteroatoms. The van der Waals surface area contributed by atoms with Gasteiger partial charge in [-0.05, 0) is 44.5 Å². The predicted molar refractivity (Wildman–Crippen MR) is 69.3 cm³/mol. The Hall–Kier alpha value is -1.55. The van der Waals surface area contributed by atoms with Gasteiger partial charge in [-0.2, -0.15) is 0 Å². The minimum absolute atomic E-state index is 0.247. The van der Waals surface area contributed by atoms with Crippen LogP contribution in [0.15, 0.2) is 18.2 Å². The summed E-state index contributed by atoms with van der Waals surface area (Å²) in [7, 11) is 0. The Morgan fingerprint density at radius 2 is 2.11 bits per heavy atom. The van der Waals surface area contributed by atoms with E-state index in [2.05, 4.69) is 4.90 Å². The Balaban J connectivity index is 1.97. The number of hydrogen-bond acceptors (Lipinski definition) is 3. The summed E-state index contributed by atoms with van der Waals surface area (Å²) in [5.41, 5.74) is 1.12. The van der Waals surface area contributed by atoms with Crippen LogP contribution in [0.25, 0.3) is 0 Å². The summed E-state index contributed by atoms with van der Waals surface area (Å²) in [6.07, 6.45) is 2.51. The van der Waals surface area contributed by atoms with E-state index in [0.29, 0.717) is 12.4 Å². The topological polar surface area (TPSA) is 49.8 Å². The number of aromatic carboxylic acids is 1. The van der Waals surface area contributed by atoms with Crippen molar-refractivity contribution < 1.29 is 14.6 Å². The standard InChI is InChI=1S/C14H19NO3/c1-11-5-4-6-12(14(16)17)13(11)18-10-9-15-7-2-3-8-15/h4-6H,2-3,7-10H2,1H3,(H,16,17). The maximum atomic E-state index is 11.1. The van der Waals surface area contributed by atoms with Gasteiger partial charge in [-0.3, -0.25) is 4.90 Å². The fraction of sp³-hybridized carbons (Fsp3) is 0.500. The van der Waals surface area contributed by atoms with Gasteiger partial charge in [0.15, 0.2) is 0 Å². The van der Waals surface area contributed by atoms with Crippen LogP contribution < -0.4 is 4.74 Å².